The number of nitrogens with zero attached hydrogens (tertiary/aromatic N) is 1. The monoisotopic (exact) mass is 354 g/mol. The molecule has 1 aromatic carbocycles. The summed E-state index contributed by atoms with van der Waals surface area (Å²) in [4.78, 5) is 17.3. The van der Waals surface area contributed by atoms with E-state index in [1.807, 2.05) is 0 Å². The number of amides is 1. The fraction of sp³-hybridized carbons (Fsp3) is 0.556. The largest absolute Gasteiger partial charge is 0.394 e. The first-order valence-electron chi connectivity index (χ1n) is 8.41. The summed E-state index contributed by atoms with van der Waals surface area (Å²) in [5, 5.41) is 15.7. The van der Waals surface area contributed by atoms with Gasteiger partial charge in [-0.3, -0.25) is 4.79 Å². The highest BCUT2D eigenvalue weighted by molar-refractivity contribution is 6.00. The van der Waals surface area contributed by atoms with Gasteiger partial charge >= 0.3 is 0 Å². The molecule has 0 bridgehead atoms. The van der Waals surface area contributed by atoms with Gasteiger partial charge in [0.25, 0.3) is 5.91 Å². The standard InChI is InChI=1S/C18H24F2N2O3/c1-12(11-23)21-17(24)15-5-3-14(4-6-15)13(2)22-25-16-7-9-18(19,20)10-8-16/h3-6,12,16,23H,7-11H2,1-2H3,(H,21,24)/t12-/m0/s1. The Labute approximate surface area is 146 Å². The van der Waals surface area contributed by atoms with Crippen molar-refractivity contribution in [2.24, 2.45) is 5.16 Å². The Balaban J connectivity index is 1.91. The van der Waals surface area contributed by atoms with E-state index in [9.17, 15) is 13.6 Å². The topological polar surface area (TPSA) is 70.9 Å². The summed E-state index contributed by atoms with van der Waals surface area (Å²) in [6.07, 6.45) is -0.0118. The normalized spacial score (nSPS) is 19.3. The fourth-order valence-corrected chi connectivity index (χ4v) is 2.54. The smallest absolute Gasteiger partial charge is 0.251 e. The molecule has 0 spiro atoms. The molecule has 0 saturated heterocycles. The summed E-state index contributed by atoms with van der Waals surface area (Å²) >= 11 is 0. The van der Waals surface area contributed by atoms with Crippen molar-refractivity contribution in [3.63, 3.8) is 0 Å². The number of rotatable bonds is 6. The molecular weight excluding hydrogens is 330 g/mol. The van der Waals surface area contributed by atoms with Gasteiger partial charge in [-0.15, -0.1) is 0 Å². The van der Waals surface area contributed by atoms with Crippen LogP contribution in [0.15, 0.2) is 29.4 Å². The Bertz CT molecular complexity index is 607. The van der Waals surface area contributed by atoms with Crippen molar-refractivity contribution in [2.45, 2.75) is 57.6 Å². The predicted octanol–water partition coefficient (Wildman–Crippen LogP) is 3.12. The molecule has 0 unspecified atom stereocenters. The summed E-state index contributed by atoms with van der Waals surface area (Å²) in [6.45, 7) is 3.35. The number of benzene rings is 1. The molecule has 0 aliphatic heterocycles. The van der Waals surface area contributed by atoms with E-state index in [4.69, 9.17) is 9.94 Å². The molecule has 2 rings (SSSR count). The molecule has 1 saturated carbocycles. The molecular formula is C18H24F2N2O3. The zero-order chi connectivity index (χ0) is 18.4. The average molecular weight is 354 g/mol. The van der Waals surface area contributed by atoms with Crippen molar-refractivity contribution in [2.75, 3.05) is 6.61 Å². The van der Waals surface area contributed by atoms with Gasteiger partial charge in [0.15, 0.2) is 0 Å². The highest BCUT2D eigenvalue weighted by Gasteiger charge is 2.35. The SMILES string of the molecule is CC(=NOC1CCC(F)(F)CC1)c1ccc(C(=O)N[C@@H](C)CO)cc1. The number of hydrogen-bond donors (Lipinski definition) is 2. The van der Waals surface area contributed by atoms with Gasteiger partial charge in [-0.05, 0) is 44.4 Å². The van der Waals surface area contributed by atoms with Crippen molar-refractivity contribution < 1.29 is 23.5 Å². The second kappa shape index (κ2) is 8.38. The highest BCUT2D eigenvalue weighted by Crippen LogP contribution is 2.34. The molecule has 0 heterocycles. The molecule has 1 aliphatic carbocycles. The molecule has 7 heteroatoms. The van der Waals surface area contributed by atoms with Gasteiger partial charge in [0.2, 0.25) is 5.92 Å². The lowest BCUT2D eigenvalue weighted by atomic mass is 9.94. The number of halogens is 2. The van der Waals surface area contributed by atoms with E-state index in [1.165, 1.54) is 0 Å². The van der Waals surface area contributed by atoms with E-state index < -0.39 is 5.92 Å². The lowest BCUT2D eigenvalue weighted by molar-refractivity contribution is -0.0797. The number of nitrogens with one attached hydrogen (secondary N) is 1. The van der Waals surface area contributed by atoms with E-state index >= 15 is 0 Å². The Morgan fingerprint density at radius 3 is 2.44 bits per heavy atom. The first-order chi connectivity index (χ1) is 11.8. The molecule has 1 aliphatic rings. The third kappa shape index (κ3) is 5.77. The van der Waals surface area contributed by atoms with Crippen LogP contribution in [-0.4, -0.2) is 41.4 Å². The van der Waals surface area contributed by atoms with Gasteiger partial charge in [0.05, 0.1) is 12.3 Å². The molecule has 1 atom stereocenters. The van der Waals surface area contributed by atoms with E-state index in [0.29, 0.717) is 24.1 Å². The van der Waals surface area contributed by atoms with Crippen molar-refractivity contribution in [3.8, 4) is 0 Å². The number of oxime groups is 1. The van der Waals surface area contributed by atoms with Crippen LogP contribution in [0.4, 0.5) is 8.78 Å². The molecule has 0 aromatic heterocycles. The minimum atomic E-state index is -2.58. The lowest BCUT2D eigenvalue weighted by Crippen LogP contribution is -2.34. The Morgan fingerprint density at radius 1 is 1.32 bits per heavy atom. The van der Waals surface area contributed by atoms with Gasteiger partial charge in [-0.25, -0.2) is 8.78 Å². The Morgan fingerprint density at radius 2 is 1.88 bits per heavy atom. The second-order valence-corrected chi connectivity index (χ2v) is 6.47. The van der Waals surface area contributed by atoms with Crippen LogP contribution in [0.5, 0.6) is 0 Å². The predicted molar refractivity (Wildman–Crippen MR) is 91.0 cm³/mol. The van der Waals surface area contributed by atoms with Crippen molar-refractivity contribution in [3.05, 3.63) is 35.4 Å². The maximum atomic E-state index is 13.1. The molecule has 1 aromatic rings. The molecule has 138 valence electrons. The summed E-state index contributed by atoms with van der Waals surface area (Å²) < 4.78 is 26.2. The lowest BCUT2D eigenvalue weighted by Gasteiger charge is -2.26. The van der Waals surface area contributed by atoms with Crippen LogP contribution in [0, 0.1) is 0 Å². The fourth-order valence-electron chi connectivity index (χ4n) is 2.54. The summed E-state index contributed by atoms with van der Waals surface area (Å²) in [6, 6.07) is 6.50. The molecule has 1 amide bonds. The third-order valence-corrected chi connectivity index (χ3v) is 4.22. The maximum absolute atomic E-state index is 13.1. The van der Waals surface area contributed by atoms with Crippen molar-refractivity contribution in [1.29, 1.82) is 0 Å². The van der Waals surface area contributed by atoms with Crippen molar-refractivity contribution in [1.82, 2.24) is 5.32 Å². The average Bonchev–Trinajstić information content (AvgIpc) is 2.60. The Hall–Kier alpha value is -2.02. The van der Waals surface area contributed by atoms with Gasteiger partial charge in [-0.2, -0.15) is 0 Å². The minimum absolute atomic E-state index is 0.125. The molecule has 0 radical (unpaired) electrons. The van der Waals surface area contributed by atoms with E-state index in [2.05, 4.69) is 10.5 Å². The van der Waals surface area contributed by atoms with Crippen LogP contribution in [0.2, 0.25) is 0 Å². The van der Waals surface area contributed by atoms with E-state index in [0.717, 1.165) is 5.56 Å². The van der Waals surface area contributed by atoms with Crippen molar-refractivity contribution >= 4 is 11.6 Å². The zero-order valence-electron chi connectivity index (χ0n) is 14.5. The maximum Gasteiger partial charge on any atom is 0.251 e. The number of aliphatic hydroxyl groups is 1. The van der Waals surface area contributed by atoms with E-state index in [-0.39, 0.29) is 37.5 Å². The number of carbonyl (C=O) groups is 1. The highest BCUT2D eigenvalue weighted by atomic mass is 19.3. The number of aliphatic hydroxyl groups excluding tert-OH is 1. The molecule has 5 nitrogen and oxygen atoms in total. The minimum Gasteiger partial charge on any atom is -0.394 e. The molecule has 1 fully saturated rings. The van der Waals surface area contributed by atoms with Crippen LogP contribution >= 0.6 is 0 Å². The summed E-state index contributed by atoms with van der Waals surface area (Å²) in [5.41, 5.74) is 1.88. The zero-order valence-corrected chi connectivity index (χ0v) is 14.5. The van der Waals surface area contributed by atoms with Gasteiger partial charge in [0.1, 0.15) is 6.10 Å². The second-order valence-electron chi connectivity index (χ2n) is 6.47. The number of hydrogen-bond acceptors (Lipinski definition) is 4. The Kier molecular flexibility index (Phi) is 6.47. The van der Waals surface area contributed by atoms with Gasteiger partial charge < -0.3 is 15.3 Å². The van der Waals surface area contributed by atoms with Crippen LogP contribution in [0.1, 0.15) is 55.5 Å². The van der Waals surface area contributed by atoms with Gasteiger partial charge in [-0.1, -0.05) is 17.3 Å². The number of carbonyl (C=O) groups excluding carboxylic acids is 1. The van der Waals surface area contributed by atoms with Gasteiger partial charge in [0, 0.05) is 24.4 Å². The van der Waals surface area contributed by atoms with Crippen LogP contribution in [0.25, 0.3) is 0 Å². The first kappa shape index (κ1) is 19.3. The van der Waals surface area contributed by atoms with Crippen LogP contribution in [0.3, 0.4) is 0 Å². The first-order valence-corrected chi connectivity index (χ1v) is 8.41. The van der Waals surface area contributed by atoms with E-state index in [1.54, 1.807) is 38.1 Å². The summed E-state index contributed by atoms with van der Waals surface area (Å²) in [7, 11) is 0. The summed E-state index contributed by atoms with van der Waals surface area (Å²) in [5.74, 6) is -2.84. The quantitative estimate of drug-likeness (QED) is 0.609. The van der Waals surface area contributed by atoms with Crippen LogP contribution < -0.4 is 5.32 Å². The third-order valence-electron chi connectivity index (χ3n) is 4.22. The van der Waals surface area contributed by atoms with Crippen LogP contribution in [-0.2, 0) is 4.84 Å². The molecule has 25 heavy (non-hydrogen) atoms. The molecule has 2 N–H and O–H groups in total. The number of alkyl halides is 2.